The maximum Gasteiger partial charge on any atom is 0.237 e. The number of carbonyl (C=O) groups excluding carboxylic acids is 1. The molecule has 1 aliphatic carbocycles. The van der Waals surface area contributed by atoms with Crippen molar-refractivity contribution >= 4 is 5.91 Å². The minimum absolute atomic E-state index is 0.0921. The van der Waals surface area contributed by atoms with Gasteiger partial charge in [0.05, 0.1) is 6.04 Å². The molecule has 5 heteroatoms. The molecule has 0 spiro atoms. The van der Waals surface area contributed by atoms with Gasteiger partial charge in [0.25, 0.3) is 0 Å². The van der Waals surface area contributed by atoms with Gasteiger partial charge in [-0.3, -0.25) is 4.79 Å². The van der Waals surface area contributed by atoms with Gasteiger partial charge < -0.3 is 11.1 Å². The molecule has 1 amide bonds. The van der Waals surface area contributed by atoms with E-state index in [1.165, 1.54) is 12.8 Å². The fourth-order valence-electron chi connectivity index (χ4n) is 1.80. The van der Waals surface area contributed by atoms with E-state index in [0.717, 1.165) is 17.8 Å². The van der Waals surface area contributed by atoms with Gasteiger partial charge in [-0.15, -0.1) is 0 Å². The number of nitrogens with two attached hydrogens (primary N) is 1. The molecule has 1 fully saturated rings. The Balaban J connectivity index is 1.74. The molecule has 3 N–H and O–H groups in total. The highest BCUT2D eigenvalue weighted by atomic mass is 16.2. The van der Waals surface area contributed by atoms with Crippen LogP contribution < -0.4 is 11.1 Å². The van der Waals surface area contributed by atoms with E-state index in [1.807, 2.05) is 26.2 Å². The van der Waals surface area contributed by atoms with Gasteiger partial charge in [-0.25, -0.2) is 9.97 Å². The minimum atomic E-state index is -0.437. The first-order valence-electron chi connectivity index (χ1n) is 6.92. The van der Waals surface area contributed by atoms with E-state index in [-0.39, 0.29) is 11.8 Å². The molecule has 1 aromatic rings. The molecule has 0 radical (unpaired) electrons. The number of hydrogen-bond donors (Lipinski definition) is 2. The van der Waals surface area contributed by atoms with Crippen LogP contribution in [-0.2, 0) is 11.2 Å². The number of aromatic nitrogens is 2. The summed E-state index contributed by atoms with van der Waals surface area (Å²) in [4.78, 5) is 20.4. The predicted molar refractivity (Wildman–Crippen MR) is 73.5 cm³/mol. The van der Waals surface area contributed by atoms with Crippen molar-refractivity contribution in [1.82, 2.24) is 15.3 Å². The molecule has 0 aromatic carbocycles. The Morgan fingerprint density at radius 2 is 2.05 bits per heavy atom. The number of nitrogens with one attached hydrogen (secondary N) is 1. The third-order valence-electron chi connectivity index (χ3n) is 3.40. The van der Waals surface area contributed by atoms with Gasteiger partial charge in [-0.2, -0.15) is 0 Å². The molecule has 104 valence electrons. The first kappa shape index (κ1) is 13.9. The Hall–Kier alpha value is -1.49. The number of rotatable bonds is 6. The second-order valence-corrected chi connectivity index (χ2v) is 5.53. The lowest BCUT2D eigenvalue weighted by Gasteiger charge is -2.15. The molecule has 1 atom stereocenters. The average molecular weight is 262 g/mol. The lowest BCUT2D eigenvalue weighted by Crippen LogP contribution is -2.44. The maximum absolute atomic E-state index is 11.7. The van der Waals surface area contributed by atoms with Crippen LogP contribution in [0.2, 0.25) is 0 Å². The zero-order valence-corrected chi connectivity index (χ0v) is 11.6. The van der Waals surface area contributed by atoms with Crippen LogP contribution in [0.3, 0.4) is 0 Å². The van der Waals surface area contributed by atoms with Crippen LogP contribution in [0.4, 0.5) is 0 Å². The number of nitrogens with zero attached hydrogens (tertiary/aromatic N) is 2. The minimum Gasteiger partial charge on any atom is -0.354 e. The smallest absolute Gasteiger partial charge is 0.237 e. The zero-order chi connectivity index (χ0) is 13.8. The SMILES string of the molecule is CC(C)[C@H](N)C(=O)NCCc1cnc(C2CC2)nc1. The summed E-state index contributed by atoms with van der Waals surface area (Å²) in [5.74, 6) is 1.60. The standard InChI is InChI=1S/C14H22N4O/c1-9(2)12(15)14(19)16-6-5-10-7-17-13(18-8-10)11-3-4-11/h7-9,11-12H,3-6,15H2,1-2H3,(H,16,19)/t12-/m0/s1. The fraction of sp³-hybridized carbons (Fsp3) is 0.643. The molecule has 5 nitrogen and oxygen atoms in total. The van der Waals surface area contributed by atoms with Crippen molar-refractivity contribution in [2.45, 2.75) is 45.1 Å². The number of carbonyl (C=O) groups is 1. The molecule has 0 saturated heterocycles. The largest absolute Gasteiger partial charge is 0.354 e. The van der Waals surface area contributed by atoms with E-state index in [4.69, 9.17) is 5.73 Å². The van der Waals surface area contributed by atoms with Crippen LogP contribution in [0.1, 0.15) is 44.0 Å². The van der Waals surface area contributed by atoms with Gasteiger partial charge in [0.1, 0.15) is 5.82 Å². The first-order valence-corrected chi connectivity index (χ1v) is 6.92. The highest BCUT2D eigenvalue weighted by Gasteiger charge is 2.26. The Morgan fingerprint density at radius 1 is 1.42 bits per heavy atom. The molecule has 1 aromatic heterocycles. The van der Waals surface area contributed by atoms with Crippen LogP contribution in [0.25, 0.3) is 0 Å². The summed E-state index contributed by atoms with van der Waals surface area (Å²) in [5.41, 5.74) is 6.81. The van der Waals surface area contributed by atoms with Gasteiger partial charge in [0, 0.05) is 24.9 Å². The van der Waals surface area contributed by atoms with Gasteiger partial charge in [-0.05, 0) is 30.7 Å². The normalized spacial score (nSPS) is 16.4. The molecule has 2 rings (SSSR count). The van der Waals surface area contributed by atoms with Crippen molar-refractivity contribution in [3.63, 3.8) is 0 Å². The van der Waals surface area contributed by atoms with Crippen molar-refractivity contribution in [3.8, 4) is 0 Å². The lowest BCUT2D eigenvalue weighted by atomic mass is 10.1. The highest BCUT2D eigenvalue weighted by molar-refractivity contribution is 5.81. The lowest BCUT2D eigenvalue weighted by molar-refractivity contribution is -0.123. The van der Waals surface area contributed by atoms with E-state index < -0.39 is 6.04 Å². The second-order valence-electron chi connectivity index (χ2n) is 5.53. The van der Waals surface area contributed by atoms with E-state index in [0.29, 0.717) is 12.5 Å². The van der Waals surface area contributed by atoms with Crippen LogP contribution in [0.5, 0.6) is 0 Å². The number of amides is 1. The van der Waals surface area contributed by atoms with Crippen molar-refractivity contribution in [2.24, 2.45) is 11.7 Å². The van der Waals surface area contributed by atoms with Crippen LogP contribution in [0.15, 0.2) is 12.4 Å². The Morgan fingerprint density at radius 3 is 2.58 bits per heavy atom. The van der Waals surface area contributed by atoms with Gasteiger partial charge in [0.15, 0.2) is 0 Å². The summed E-state index contributed by atoms with van der Waals surface area (Å²) >= 11 is 0. The maximum atomic E-state index is 11.7. The molecular formula is C14H22N4O. The molecule has 1 heterocycles. The second kappa shape index (κ2) is 6.10. The molecule has 19 heavy (non-hydrogen) atoms. The molecule has 0 aliphatic heterocycles. The highest BCUT2D eigenvalue weighted by Crippen LogP contribution is 2.37. The fourth-order valence-corrected chi connectivity index (χ4v) is 1.80. The van der Waals surface area contributed by atoms with E-state index in [1.54, 1.807) is 0 Å². The summed E-state index contributed by atoms with van der Waals surface area (Å²) in [5, 5.41) is 2.84. The van der Waals surface area contributed by atoms with Crippen molar-refractivity contribution in [3.05, 3.63) is 23.8 Å². The zero-order valence-electron chi connectivity index (χ0n) is 11.6. The Labute approximate surface area is 114 Å². The van der Waals surface area contributed by atoms with Gasteiger partial charge in [0.2, 0.25) is 5.91 Å². The third-order valence-corrected chi connectivity index (χ3v) is 3.40. The number of hydrogen-bond acceptors (Lipinski definition) is 4. The monoisotopic (exact) mass is 262 g/mol. The molecule has 0 unspecified atom stereocenters. The Kier molecular flexibility index (Phi) is 4.47. The van der Waals surface area contributed by atoms with Crippen LogP contribution in [-0.4, -0.2) is 28.5 Å². The summed E-state index contributed by atoms with van der Waals surface area (Å²) in [7, 11) is 0. The molecular weight excluding hydrogens is 240 g/mol. The average Bonchev–Trinajstić information content (AvgIpc) is 3.22. The van der Waals surface area contributed by atoms with Crippen molar-refractivity contribution in [2.75, 3.05) is 6.54 Å². The van der Waals surface area contributed by atoms with E-state index in [2.05, 4.69) is 15.3 Å². The molecule has 1 saturated carbocycles. The van der Waals surface area contributed by atoms with Gasteiger partial charge in [-0.1, -0.05) is 13.8 Å². The van der Waals surface area contributed by atoms with Crippen molar-refractivity contribution < 1.29 is 4.79 Å². The Bertz CT molecular complexity index is 426. The van der Waals surface area contributed by atoms with Gasteiger partial charge >= 0.3 is 0 Å². The summed E-state index contributed by atoms with van der Waals surface area (Å²) < 4.78 is 0. The van der Waals surface area contributed by atoms with E-state index >= 15 is 0 Å². The molecule has 0 bridgehead atoms. The summed E-state index contributed by atoms with van der Waals surface area (Å²) in [6.07, 6.45) is 6.87. The predicted octanol–water partition coefficient (Wildman–Crippen LogP) is 0.996. The van der Waals surface area contributed by atoms with Crippen molar-refractivity contribution in [1.29, 1.82) is 0 Å². The first-order chi connectivity index (χ1) is 9.08. The summed E-state index contributed by atoms with van der Waals surface area (Å²) in [6, 6.07) is -0.437. The van der Waals surface area contributed by atoms with E-state index in [9.17, 15) is 4.79 Å². The van der Waals surface area contributed by atoms with Crippen LogP contribution in [0, 0.1) is 5.92 Å². The third kappa shape index (κ3) is 3.99. The van der Waals surface area contributed by atoms with Crippen LogP contribution >= 0.6 is 0 Å². The summed E-state index contributed by atoms with van der Waals surface area (Å²) in [6.45, 7) is 4.45. The topological polar surface area (TPSA) is 80.9 Å². The quantitative estimate of drug-likeness (QED) is 0.801. The molecule has 1 aliphatic rings.